The summed E-state index contributed by atoms with van der Waals surface area (Å²) in [6, 6.07) is 5.99. The lowest BCUT2D eigenvalue weighted by molar-refractivity contribution is -0.112. The van der Waals surface area contributed by atoms with Crippen molar-refractivity contribution in [1.82, 2.24) is 15.2 Å². The van der Waals surface area contributed by atoms with E-state index in [9.17, 15) is 4.79 Å². The van der Waals surface area contributed by atoms with Crippen LogP contribution in [0.3, 0.4) is 0 Å². The molecular weight excluding hydrogens is 436 g/mol. The maximum atomic E-state index is 13.0. The Balaban J connectivity index is 1.23. The summed E-state index contributed by atoms with van der Waals surface area (Å²) in [5, 5.41) is 6.29. The number of piperazine rings is 1. The number of fused-ring (bicyclic) bond motifs is 1. The third-order valence-electron chi connectivity index (χ3n) is 6.49. The van der Waals surface area contributed by atoms with Crippen LogP contribution >= 0.6 is 0 Å². The maximum Gasteiger partial charge on any atom is 0.310 e. The van der Waals surface area contributed by atoms with Crippen LogP contribution in [0.1, 0.15) is 11.1 Å². The van der Waals surface area contributed by atoms with Crippen molar-refractivity contribution < 1.29 is 19.0 Å². The fraction of sp³-hybridized carbons (Fsp3) is 0.458. The summed E-state index contributed by atoms with van der Waals surface area (Å²) in [6.45, 7) is 5.49. The van der Waals surface area contributed by atoms with Gasteiger partial charge >= 0.3 is 5.91 Å². The molecule has 1 aromatic heterocycles. The minimum atomic E-state index is -0.351. The number of amides is 1. The number of hydrogen-bond acceptors (Lipinski definition) is 9. The molecule has 1 saturated heterocycles. The molecule has 2 N–H and O–H groups in total. The van der Waals surface area contributed by atoms with Crippen LogP contribution < -0.4 is 25.0 Å². The van der Waals surface area contributed by atoms with E-state index in [0.29, 0.717) is 24.5 Å². The van der Waals surface area contributed by atoms with E-state index in [2.05, 4.69) is 30.4 Å². The minimum Gasteiger partial charge on any atom is -0.493 e. The minimum absolute atomic E-state index is 0.109. The van der Waals surface area contributed by atoms with Crippen molar-refractivity contribution in [3.8, 4) is 11.5 Å². The van der Waals surface area contributed by atoms with Gasteiger partial charge in [-0.15, -0.1) is 0 Å². The van der Waals surface area contributed by atoms with E-state index < -0.39 is 0 Å². The first-order valence-corrected chi connectivity index (χ1v) is 11.6. The second-order valence-corrected chi connectivity index (χ2v) is 8.50. The van der Waals surface area contributed by atoms with Crippen molar-refractivity contribution in [2.24, 2.45) is 4.99 Å². The summed E-state index contributed by atoms with van der Waals surface area (Å²) in [4.78, 5) is 26.0. The third kappa shape index (κ3) is 4.51. The predicted molar refractivity (Wildman–Crippen MR) is 129 cm³/mol. The molecule has 10 nitrogen and oxygen atoms in total. The number of nitrogens with one attached hydrogen (secondary N) is 2. The van der Waals surface area contributed by atoms with Crippen LogP contribution in [0.5, 0.6) is 11.5 Å². The highest BCUT2D eigenvalue weighted by molar-refractivity contribution is 6.40. The van der Waals surface area contributed by atoms with Gasteiger partial charge in [0.05, 0.1) is 38.3 Å². The topological polar surface area (TPSA) is 101 Å². The maximum absolute atomic E-state index is 13.0. The van der Waals surface area contributed by atoms with Crippen LogP contribution in [0.4, 0.5) is 11.4 Å². The largest absolute Gasteiger partial charge is 0.493 e. The molecule has 0 bridgehead atoms. The van der Waals surface area contributed by atoms with Gasteiger partial charge in [0.2, 0.25) is 0 Å². The Morgan fingerprint density at radius 2 is 1.91 bits per heavy atom. The van der Waals surface area contributed by atoms with Crippen LogP contribution in [0, 0.1) is 0 Å². The number of carbonyl (C=O) groups is 1. The van der Waals surface area contributed by atoms with Gasteiger partial charge in [-0.2, -0.15) is 0 Å². The van der Waals surface area contributed by atoms with Crippen molar-refractivity contribution in [3.63, 3.8) is 0 Å². The third-order valence-corrected chi connectivity index (χ3v) is 6.49. The summed E-state index contributed by atoms with van der Waals surface area (Å²) < 4.78 is 16.9. The summed E-state index contributed by atoms with van der Waals surface area (Å²) in [5.41, 5.74) is 4.03. The molecule has 1 unspecified atom stereocenters. The van der Waals surface area contributed by atoms with E-state index >= 15 is 0 Å². The predicted octanol–water partition coefficient (Wildman–Crippen LogP) is 1.26. The quantitative estimate of drug-likeness (QED) is 0.657. The van der Waals surface area contributed by atoms with Gasteiger partial charge in [-0.05, 0) is 35.7 Å². The Morgan fingerprint density at radius 3 is 2.68 bits per heavy atom. The van der Waals surface area contributed by atoms with Gasteiger partial charge in [-0.1, -0.05) is 0 Å². The number of nitrogens with zero attached hydrogens (tertiary/aromatic N) is 4. The molecule has 10 heteroatoms. The molecule has 3 aliphatic rings. The number of methoxy groups -OCH3 is 2. The second-order valence-electron chi connectivity index (χ2n) is 8.50. The molecule has 0 saturated carbocycles. The van der Waals surface area contributed by atoms with Gasteiger partial charge in [0.1, 0.15) is 0 Å². The molecule has 1 amide bonds. The van der Waals surface area contributed by atoms with Crippen molar-refractivity contribution >= 4 is 23.2 Å². The molecule has 4 heterocycles. The normalized spacial score (nSPS) is 20.2. The Hall–Kier alpha value is -3.37. The summed E-state index contributed by atoms with van der Waals surface area (Å²) in [6.07, 6.45) is 4.00. The fourth-order valence-corrected chi connectivity index (χ4v) is 4.67. The number of ether oxygens (including phenoxy) is 3. The molecule has 2 aromatic rings. The SMILES string of the molecule is COc1cc2c(cc1OC)CN(C1CN=C(C(=O)Nc3cnccc3N3CCNCC3)O1)CC2. The number of anilines is 2. The zero-order chi connectivity index (χ0) is 23.5. The first-order valence-electron chi connectivity index (χ1n) is 11.6. The molecule has 0 radical (unpaired) electrons. The van der Waals surface area contributed by atoms with E-state index in [1.807, 2.05) is 18.2 Å². The standard InChI is InChI=1S/C24H30N6O4/c1-32-20-11-16-4-8-30(15-17(16)12-21(20)33-2)22-14-27-24(34-22)23(31)28-18-13-26-5-3-19(18)29-9-6-25-7-10-29/h3,5,11-13,22,25H,4,6-10,14-15H2,1-2H3,(H,28,31). The van der Waals surface area contributed by atoms with E-state index in [1.165, 1.54) is 11.1 Å². The molecule has 3 aliphatic heterocycles. The Kier molecular flexibility index (Phi) is 6.50. The molecule has 1 aromatic carbocycles. The summed E-state index contributed by atoms with van der Waals surface area (Å²) >= 11 is 0. The molecule has 0 spiro atoms. The number of hydrogen-bond donors (Lipinski definition) is 2. The number of pyridine rings is 1. The van der Waals surface area contributed by atoms with Gasteiger partial charge in [0.25, 0.3) is 5.90 Å². The lowest BCUT2D eigenvalue weighted by Gasteiger charge is -2.33. The number of rotatable bonds is 6. The van der Waals surface area contributed by atoms with Crippen LogP contribution in [0.25, 0.3) is 0 Å². The molecule has 1 atom stereocenters. The van der Waals surface area contributed by atoms with Crippen molar-refractivity contribution in [2.75, 3.05) is 63.7 Å². The average Bonchev–Trinajstić information content (AvgIpc) is 3.39. The molecule has 0 aliphatic carbocycles. The number of carbonyl (C=O) groups excluding carboxylic acids is 1. The molecule has 34 heavy (non-hydrogen) atoms. The van der Waals surface area contributed by atoms with E-state index in [1.54, 1.807) is 26.6 Å². The van der Waals surface area contributed by atoms with Crippen molar-refractivity contribution in [3.05, 3.63) is 41.7 Å². The summed E-state index contributed by atoms with van der Waals surface area (Å²) in [5.74, 6) is 1.21. The highest BCUT2D eigenvalue weighted by Crippen LogP contribution is 2.34. The number of aromatic nitrogens is 1. The highest BCUT2D eigenvalue weighted by Gasteiger charge is 2.33. The molecule has 5 rings (SSSR count). The first-order chi connectivity index (χ1) is 16.7. The van der Waals surface area contributed by atoms with E-state index in [-0.39, 0.29) is 18.0 Å². The van der Waals surface area contributed by atoms with Crippen molar-refractivity contribution in [2.45, 2.75) is 19.2 Å². The van der Waals surface area contributed by atoms with Crippen molar-refractivity contribution in [1.29, 1.82) is 0 Å². The zero-order valence-electron chi connectivity index (χ0n) is 19.5. The van der Waals surface area contributed by atoms with Crippen LogP contribution in [-0.2, 0) is 22.5 Å². The summed E-state index contributed by atoms with van der Waals surface area (Å²) in [7, 11) is 3.29. The van der Waals surface area contributed by atoms with Gasteiger partial charge in [-0.25, -0.2) is 4.99 Å². The van der Waals surface area contributed by atoms with Crippen LogP contribution in [-0.4, -0.2) is 81.4 Å². The first kappa shape index (κ1) is 22.4. The molecular formula is C24H30N6O4. The Morgan fingerprint density at radius 1 is 1.15 bits per heavy atom. The van der Waals surface area contributed by atoms with Crippen LogP contribution in [0.15, 0.2) is 35.6 Å². The molecule has 180 valence electrons. The van der Waals surface area contributed by atoms with Gasteiger partial charge in [0.15, 0.2) is 17.7 Å². The highest BCUT2D eigenvalue weighted by atomic mass is 16.5. The van der Waals surface area contributed by atoms with Gasteiger partial charge in [0, 0.05) is 45.5 Å². The molecule has 1 fully saturated rings. The second kappa shape index (κ2) is 9.86. The Bertz CT molecular complexity index is 1090. The Labute approximate surface area is 198 Å². The van der Waals surface area contributed by atoms with Crippen LogP contribution in [0.2, 0.25) is 0 Å². The lowest BCUT2D eigenvalue weighted by Crippen LogP contribution is -2.44. The van der Waals surface area contributed by atoms with Gasteiger partial charge in [-0.3, -0.25) is 14.7 Å². The number of aliphatic imine (C=N–C) groups is 1. The smallest absolute Gasteiger partial charge is 0.310 e. The number of benzene rings is 1. The van der Waals surface area contributed by atoms with E-state index in [4.69, 9.17) is 14.2 Å². The van der Waals surface area contributed by atoms with E-state index in [0.717, 1.165) is 50.6 Å². The average molecular weight is 467 g/mol. The monoisotopic (exact) mass is 466 g/mol. The zero-order valence-corrected chi connectivity index (χ0v) is 19.5. The fourth-order valence-electron chi connectivity index (χ4n) is 4.67. The lowest BCUT2D eigenvalue weighted by atomic mass is 9.98. The van der Waals surface area contributed by atoms with Gasteiger partial charge < -0.3 is 29.7 Å².